The van der Waals surface area contributed by atoms with Crippen LogP contribution in [0.4, 0.5) is 5.82 Å². The monoisotopic (exact) mass is 477 g/mol. The Morgan fingerprint density at radius 2 is 2.00 bits per heavy atom. The number of anilines is 1. The van der Waals surface area contributed by atoms with E-state index >= 15 is 0 Å². The van der Waals surface area contributed by atoms with Crippen LogP contribution in [-0.2, 0) is 14.8 Å². The van der Waals surface area contributed by atoms with Crippen LogP contribution in [-0.4, -0.2) is 62.5 Å². The first-order valence-electron chi connectivity index (χ1n) is 10.3. The number of benzene rings is 1. The molecule has 1 aromatic carbocycles. The first kappa shape index (κ1) is 24.1. The van der Waals surface area contributed by atoms with Gasteiger partial charge in [-0.1, -0.05) is 0 Å². The smallest absolute Gasteiger partial charge is 0.263 e. The maximum absolute atomic E-state index is 12.7. The second-order valence-corrected chi connectivity index (χ2v) is 10.1. The maximum Gasteiger partial charge on any atom is 0.263 e. The average Bonchev–Trinajstić information content (AvgIpc) is 2.76. The molecule has 3 rings (SSSR count). The molecule has 2 heterocycles. The van der Waals surface area contributed by atoms with Gasteiger partial charge in [-0.15, -0.1) is 0 Å². The van der Waals surface area contributed by atoms with E-state index in [-0.39, 0.29) is 28.2 Å². The van der Waals surface area contributed by atoms with Gasteiger partial charge in [-0.05, 0) is 75.1 Å². The second-order valence-electron chi connectivity index (χ2n) is 7.79. The van der Waals surface area contributed by atoms with E-state index in [1.165, 1.54) is 30.5 Å². The molecule has 0 aliphatic carbocycles. The third-order valence-corrected chi connectivity index (χ3v) is 6.56. The zero-order chi connectivity index (χ0) is 23.1. The van der Waals surface area contributed by atoms with Gasteiger partial charge in [-0.2, -0.15) is 0 Å². The number of nitrogens with zero attached hydrogens (tertiary/aromatic N) is 2. The summed E-state index contributed by atoms with van der Waals surface area (Å²) in [6.07, 6.45) is 3.59. The van der Waals surface area contributed by atoms with Gasteiger partial charge in [0.1, 0.15) is 11.6 Å². The van der Waals surface area contributed by atoms with E-state index < -0.39 is 10.0 Å². The minimum atomic E-state index is -3.83. The predicted octanol–water partition coefficient (Wildman–Crippen LogP) is 3.15. The molecule has 1 aromatic heterocycles. The Morgan fingerprint density at radius 3 is 2.62 bits per heavy atom. The van der Waals surface area contributed by atoms with Crippen molar-refractivity contribution in [3.63, 3.8) is 0 Å². The Hall–Kier alpha value is -2.56. The van der Waals surface area contributed by atoms with E-state index in [1.54, 1.807) is 19.1 Å². The number of nitrogens with one attached hydrogen (secondary N) is 1. The number of piperidine rings is 1. The molecule has 1 aliphatic rings. The summed E-state index contributed by atoms with van der Waals surface area (Å²) in [6.45, 7) is 4.12. The normalized spacial score (nSPS) is 16.9. The van der Waals surface area contributed by atoms with Crippen LogP contribution in [0.2, 0.25) is 0 Å². The van der Waals surface area contributed by atoms with Gasteiger partial charge in [0.15, 0.2) is 11.7 Å². The van der Waals surface area contributed by atoms with Gasteiger partial charge in [0.2, 0.25) is 5.78 Å². The Morgan fingerprint density at radius 1 is 1.25 bits per heavy atom. The fourth-order valence-corrected chi connectivity index (χ4v) is 4.47. The number of likely N-dealkylation sites (tertiary alicyclic amines) is 1. The molecule has 0 bridgehead atoms. The highest BCUT2D eigenvalue weighted by atomic mass is 32.2. The maximum atomic E-state index is 12.7. The van der Waals surface area contributed by atoms with Gasteiger partial charge in [0.05, 0.1) is 11.5 Å². The van der Waals surface area contributed by atoms with Crippen LogP contribution in [0.15, 0.2) is 47.5 Å². The van der Waals surface area contributed by atoms with Gasteiger partial charge >= 0.3 is 0 Å². The van der Waals surface area contributed by atoms with Crippen molar-refractivity contribution in [2.24, 2.45) is 5.92 Å². The largest absolute Gasteiger partial charge is 0.493 e. The van der Waals surface area contributed by atoms with Crippen LogP contribution < -0.4 is 9.46 Å². The molecule has 0 radical (unpaired) electrons. The lowest BCUT2D eigenvalue weighted by molar-refractivity contribution is 0.0915. The summed E-state index contributed by atoms with van der Waals surface area (Å²) in [5.41, 5.74) is 0.301. The zero-order valence-electron chi connectivity index (χ0n) is 18.1. The Balaban J connectivity index is 1.56. The fourth-order valence-electron chi connectivity index (χ4n) is 3.40. The Labute approximate surface area is 194 Å². The summed E-state index contributed by atoms with van der Waals surface area (Å²) >= 11 is 4.77. The number of pyridine rings is 1. The second kappa shape index (κ2) is 10.8. The number of aromatic nitrogens is 1. The van der Waals surface area contributed by atoms with Crippen molar-refractivity contribution < 1.29 is 22.7 Å². The summed E-state index contributed by atoms with van der Waals surface area (Å²) in [4.78, 5) is 18.4. The predicted molar refractivity (Wildman–Crippen MR) is 126 cm³/mol. The minimum absolute atomic E-state index is 0.0917. The molecule has 0 saturated carbocycles. The average molecular weight is 478 g/mol. The molecule has 2 aromatic rings. The number of carbonyl (C=O) groups is 1. The Kier molecular flexibility index (Phi) is 8.16. The molecule has 1 fully saturated rings. The molecule has 32 heavy (non-hydrogen) atoms. The lowest BCUT2D eigenvalue weighted by Crippen LogP contribution is -2.34. The standard InChI is InChI=1S/C22H27N3O5S2/c1-16(31)29-15-21(26)18-5-10-22(23-12-18)24-32(27,28)20-8-6-19(7-9-20)30-14-17-4-3-11-25(2)13-17/h5-10,12,17H,3-4,11,13-15H2,1-2H3,(H,23,24)/t17-/m0/s1. The summed E-state index contributed by atoms with van der Waals surface area (Å²) in [6, 6.07) is 9.19. The van der Waals surface area contributed by atoms with Crippen LogP contribution in [0.25, 0.3) is 0 Å². The number of thiocarbonyl (C=S) groups is 1. The first-order chi connectivity index (χ1) is 15.2. The SMILES string of the molecule is CC(=S)OCC(=O)c1ccc(NS(=O)(=O)c2ccc(OC[C@H]3CCCN(C)C3)cc2)nc1. The third-order valence-electron chi connectivity index (χ3n) is 5.07. The number of sulfonamides is 1. The third kappa shape index (κ3) is 6.98. The zero-order valence-corrected chi connectivity index (χ0v) is 19.7. The molecule has 1 saturated heterocycles. The number of hydrogen-bond acceptors (Lipinski definition) is 8. The number of Topliss-reactive ketones (excluding diaryl/α,β-unsaturated/α-hetero) is 1. The molecule has 1 aliphatic heterocycles. The van der Waals surface area contributed by atoms with Crippen molar-refractivity contribution in [3.05, 3.63) is 48.2 Å². The van der Waals surface area contributed by atoms with Crippen molar-refractivity contribution in [2.75, 3.05) is 38.1 Å². The topological polar surface area (TPSA) is 97.8 Å². The van der Waals surface area contributed by atoms with Crippen LogP contribution in [0.3, 0.4) is 0 Å². The van der Waals surface area contributed by atoms with Crippen molar-refractivity contribution in [2.45, 2.75) is 24.7 Å². The molecule has 8 nitrogen and oxygen atoms in total. The van der Waals surface area contributed by atoms with Crippen LogP contribution in [0.1, 0.15) is 30.1 Å². The van der Waals surface area contributed by atoms with Gasteiger partial charge in [-0.25, -0.2) is 13.4 Å². The van der Waals surface area contributed by atoms with Crippen molar-refractivity contribution in [1.82, 2.24) is 9.88 Å². The van der Waals surface area contributed by atoms with Crippen molar-refractivity contribution >= 4 is 38.9 Å². The van der Waals surface area contributed by atoms with Gasteiger partial charge in [0.25, 0.3) is 10.0 Å². The summed E-state index contributed by atoms with van der Waals surface area (Å²) < 4.78 is 38.6. The van der Waals surface area contributed by atoms with E-state index in [2.05, 4.69) is 21.7 Å². The lowest BCUT2D eigenvalue weighted by atomic mass is 10.00. The van der Waals surface area contributed by atoms with Crippen molar-refractivity contribution in [3.8, 4) is 5.75 Å². The van der Waals surface area contributed by atoms with E-state index in [9.17, 15) is 13.2 Å². The highest BCUT2D eigenvalue weighted by Crippen LogP contribution is 2.21. The van der Waals surface area contributed by atoms with Crippen LogP contribution in [0, 0.1) is 5.92 Å². The molecule has 10 heteroatoms. The lowest BCUT2D eigenvalue weighted by Gasteiger charge is -2.29. The van der Waals surface area contributed by atoms with E-state index in [0.29, 0.717) is 23.8 Å². The number of ether oxygens (including phenoxy) is 2. The summed E-state index contributed by atoms with van der Waals surface area (Å²) in [5, 5.41) is 0.272. The Bertz CT molecular complexity index is 1040. The molecule has 1 atom stereocenters. The molecule has 0 spiro atoms. The number of ketones is 1. The minimum Gasteiger partial charge on any atom is -0.493 e. The molecule has 0 unspecified atom stereocenters. The van der Waals surface area contributed by atoms with Crippen LogP contribution in [0.5, 0.6) is 5.75 Å². The van der Waals surface area contributed by atoms with E-state index in [1.807, 2.05) is 0 Å². The molecular weight excluding hydrogens is 450 g/mol. The van der Waals surface area contributed by atoms with Gasteiger partial charge in [-0.3, -0.25) is 9.52 Å². The molecule has 0 amide bonds. The number of hydrogen-bond donors (Lipinski definition) is 1. The van der Waals surface area contributed by atoms with Gasteiger partial charge < -0.3 is 14.4 Å². The van der Waals surface area contributed by atoms with Crippen molar-refractivity contribution in [1.29, 1.82) is 0 Å². The fraction of sp³-hybridized carbons (Fsp3) is 0.409. The highest BCUT2D eigenvalue weighted by Gasteiger charge is 2.19. The number of rotatable bonds is 9. The van der Waals surface area contributed by atoms with Gasteiger partial charge in [0, 0.05) is 31.1 Å². The van der Waals surface area contributed by atoms with E-state index in [4.69, 9.17) is 21.7 Å². The first-order valence-corrected chi connectivity index (χ1v) is 12.2. The quantitative estimate of drug-likeness (QED) is 0.435. The molecular formula is C22H27N3O5S2. The van der Waals surface area contributed by atoms with E-state index in [0.717, 1.165) is 25.9 Å². The summed E-state index contributed by atoms with van der Waals surface area (Å²) in [7, 11) is -1.72. The highest BCUT2D eigenvalue weighted by molar-refractivity contribution is 7.92. The summed E-state index contributed by atoms with van der Waals surface area (Å²) in [5.74, 6) is 0.915. The number of carbonyl (C=O) groups excluding carboxylic acids is 1. The molecule has 172 valence electrons. The van der Waals surface area contributed by atoms with Crippen LogP contribution >= 0.6 is 12.2 Å². The molecule has 1 N–H and O–H groups in total.